The van der Waals surface area contributed by atoms with E-state index in [9.17, 15) is 14.3 Å². The van der Waals surface area contributed by atoms with Crippen LogP contribution in [0.3, 0.4) is 0 Å². The molecule has 1 fully saturated rings. The highest BCUT2D eigenvalue weighted by molar-refractivity contribution is 5.99. The lowest BCUT2D eigenvalue weighted by molar-refractivity contribution is -0.125. The van der Waals surface area contributed by atoms with Gasteiger partial charge in [-0.3, -0.25) is 4.79 Å². The van der Waals surface area contributed by atoms with Gasteiger partial charge in [0.05, 0.1) is 11.0 Å². The number of amides is 1. The standard InChI is InChI=1S/C22H26FNO4/c1-21(2,26)15-28-19-8-6-18(7-9-19)24-20(25)22(10-12-27-13-11-22)16-4-3-5-17(23)14-16/h3-9,14,26H,10-13,15H2,1-2H3,(H,24,25). The molecule has 28 heavy (non-hydrogen) atoms. The first kappa shape index (κ1) is 20.3. The normalized spacial score (nSPS) is 16.4. The zero-order chi connectivity index (χ0) is 20.2. The van der Waals surface area contributed by atoms with Crippen LogP contribution in [0.25, 0.3) is 0 Å². The van der Waals surface area contributed by atoms with Gasteiger partial charge in [0, 0.05) is 18.9 Å². The van der Waals surface area contributed by atoms with E-state index < -0.39 is 11.0 Å². The molecule has 2 aromatic carbocycles. The first-order valence-electron chi connectivity index (χ1n) is 9.39. The summed E-state index contributed by atoms with van der Waals surface area (Å²) in [4.78, 5) is 13.2. The van der Waals surface area contributed by atoms with E-state index in [1.807, 2.05) is 0 Å². The first-order chi connectivity index (χ1) is 13.3. The van der Waals surface area contributed by atoms with E-state index in [4.69, 9.17) is 9.47 Å². The van der Waals surface area contributed by atoms with Crippen LogP contribution in [-0.2, 0) is 14.9 Å². The second-order valence-corrected chi connectivity index (χ2v) is 7.78. The average Bonchev–Trinajstić information content (AvgIpc) is 2.67. The molecule has 0 radical (unpaired) electrons. The molecule has 1 heterocycles. The van der Waals surface area contributed by atoms with E-state index >= 15 is 0 Å². The number of nitrogens with one attached hydrogen (secondary N) is 1. The summed E-state index contributed by atoms with van der Waals surface area (Å²) in [6.07, 6.45) is 0.990. The van der Waals surface area contributed by atoms with Crippen molar-refractivity contribution in [1.29, 1.82) is 0 Å². The third kappa shape index (κ3) is 4.88. The number of carbonyl (C=O) groups is 1. The predicted molar refractivity (Wildman–Crippen MR) is 105 cm³/mol. The number of halogens is 1. The highest BCUT2D eigenvalue weighted by Crippen LogP contribution is 2.36. The number of aliphatic hydroxyl groups is 1. The van der Waals surface area contributed by atoms with Crippen molar-refractivity contribution in [2.24, 2.45) is 0 Å². The predicted octanol–water partition coefficient (Wildman–Crippen LogP) is 3.66. The molecule has 1 aliphatic rings. The van der Waals surface area contributed by atoms with Crippen LogP contribution in [0.5, 0.6) is 5.75 Å². The zero-order valence-electron chi connectivity index (χ0n) is 16.2. The Morgan fingerprint density at radius 2 is 1.89 bits per heavy atom. The highest BCUT2D eigenvalue weighted by atomic mass is 19.1. The molecular formula is C22H26FNO4. The van der Waals surface area contributed by atoms with Crippen LogP contribution in [0, 0.1) is 5.82 Å². The fraction of sp³-hybridized carbons (Fsp3) is 0.409. The third-order valence-corrected chi connectivity index (χ3v) is 4.86. The zero-order valence-corrected chi connectivity index (χ0v) is 16.2. The minimum atomic E-state index is -0.923. The Morgan fingerprint density at radius 3 is 2.50 bits per heavy atom. The Morgan fingerprint density at radius 1 is 1.21 bits per heavy atom. The minimum absolute atomic E-state index is 0.168. The van der Waals surface area contributed by atoms with Crippen LogP contribution < -0.4 is 10.1 Å². The monoisotopic (exact) mass is 387 g/mol. The second kappa shape index (κ2) is 8.29. The smallest absolute Gasteiger partial charge is 0.235 e. The van der Waals surface area contributed by atoms with Gasteiger partial charge in [-0.05, 0) is 68.7 Å². The van der Waals surface area contributed by atoms with Crippen molar-refractivity contribution < 1.29 is 23.8 Å². The van der Waals surface area contributed by atoms with Crippen molar-refractivity contribution in [3.8, 4) is 5.75 Å². The van der Waals surface area contributed by atoms with Gasteiger partial charge < -0.3 is 19.9 Å². The molecule has 0 atom stereocenters. The van der Waals surface area contributed by atoms with Gasteiger partial charge in [-0.15, -0.1) is 0 Å². The lowest BCUT2D eigenvalue weighted by Crippen LogP contribution is -2.44. The summed E-state index contributed by atoms with van der Waals surface area (Å²) >= 11 is 0. The maximum atomic E-state index is 13.8. The molecule has 0 spiro atoms. The van der Waals surface area contributed by atoms with Gasteiger partial charge >= 0.3 is 0 Å². The van der Waals surface area contributed by atoms with Crippen LogP contribution in [0.1, 0.15) is 32.3 Å². The van der Waals surface area contributed by atoms with Crippen LogP contribution >= 0.6 is 0 Å². The summed E-state index contributed by atoms with van der Waals surface area (Å²) in [5.74, 6) is 0.0714. The number of rotatable bonds is 6. The van der Waals surface area contributed by atoms with Crippen molar-refractivity contribution >= 4 is 11.6 Å². The van der Waals surface area contributed by atoms with Crippen molar-refractivity contribution in [2.45, 2.75) is 37.7 Å². The van der Waals surface area contributed by atoms with E-state index in [-0.39, 0.29) is 18.3 Å². The fourth-order valence-electron chi connectivity index (χ4n) is 3.30. The van der Waals surface area contributed by atoms with Gasteiger partial charge in [-0.25, -0.2) is 4.39 Å². The first-order valence-corrected chi connectivity index (χ1v) is 9.39. The van der Waals surface area contributed by atoms with E-state index in [0.717, 1.165) is 0 Å². The molecule has 1 saturated heterocycles. The minimum Gasteiger partial charge on any atom is -0.491 e. The van der Waals surface area contributed by atoms with Crippen LogP contribution in [0.4, 0.5) is 10.1 Å². The summed E-state index contributed by atoms with van der Waals surface area (Å²) in [6.45, 7) is 4.41. The third-order valence-electron chi connectivity index (χ3n) is 4.86. The van der Waals surface area contributed by atoms with Gasteiger partial charge in [0.15, 0.2) is 0 Å². The van der Waals surface area contributed by atoms with Gasteiger partial charge in [-0.1, -0.05) is 12.1 Å². The average molecular weight is 387 g/mol. The molecule has 3 rings (SSSR count). The second-order valence-electron chi connectivity index (χ2n) is 7.78. The lowest BCUT2D eigenvalue weighted by Gasteiger charge is -2.36. The molecule has 0 bridgehead atoms. The number of ether oxygens (including phenoxy) is 2. The number of anilines is 1. The Kier molecular flexibility index (Phi) is 6.01. The Labute approximate surface area is 164 Å². The summed E-state index contributed by atoms with van der Waals surface area (Å²) in [7, 11) is 0. The maximum Gasteiger partial charge on any atom is 0.235 e. The number of hydrogen-bond acceptors (Lipinski definition) is 4. The Hall–Kier alpha value is -2.44. The van der Waals surface area contributed by atoms with Crippen molar-refractivity contribution in [2.75, 3.05) is 25.1 Å². The molecule has 1 aliphatic heterocycles. The summed E-state index contributed by atoms with van der Waals surface area (Å²) in [5.41, 5.74) is -0.453. The van der Waals surface area contributed by atoms with Gasteiger partial charge in [0.1, 0.15) is 18.2 Å². The number of carbonyl (C=O) groups excluding carboxylic acids is 1. The van der Waals surface area contributed by atoms with Crippen molar-refractivity contribution in [1.82, 2.24) is 0 Å². The van der Waals surface area contributed by atoms with E-state index in [2.05, 4.69) is 5.32 Å². The summed E-state index contributed by atoms with van der Waals surface area (Å²) in [6, 6.07) is 13.2. The summed E-state index contributed by atoms with van der Waals surface area (Å²) < 4.78 is 24.8. The summed E-state index contributed by atoms with van der Waals surface area (Å²) in [5, 5.41) is 12.7. The van der Waals surface area contributed by atoms with Crippen molar-refractivity contribution in [3.63, 3.8) is 0 Å². The lowest BCUT2D eigenvalue weighted by atomic mass is 9.73. The molecule has 1 amide bonds. The van der Waals surface area contributed by atoms with Crippen molar-refractivity contribution in [3.05, 3.63) is 59.9 Å². The molecule has 2 aromatic rings. The molecule has 6 heteroatoms. The molecule has 0 aliphatic carbocycles. The van der Waals surface area contributed by atoms with Gasteiger partial charge in [0.2, 0.25) is 5.91 Å². The van der Waals surface area contributed by atoms with E-state index in [1.54, 1.807) is 50.2 Å². The van der Waals surface area contributed by atoms with Crippen LogP contribution in [-0.4, -0.2) is 36.4 Å². The largest absolute Gasteiger partial charge is 0.491 e. The van der Waals surface area contributed by atoms with E-state index in [0.29, 0.717) is 43.1 Å². The molecule has 5 nitrogen and oxygen atoms in total. The topological polar surface area (TPSA) is 67.8 Å². The number of hydrogen-bond donors (Lipinski definition) is 2. The number of benzene rings is 2. The van der Waals surface area contributed by atoms with Gasteiger partial charge in [-0.2, -0.15) is 0 Å². The fourth-order valence-corrected chi connectivity index (χ4v) is 3.30. The van der Waals surface area contributed by atoms with Crippen LogP contribution in [0.2, 0.25) is 0 Å². The Bertz CT molecular complexity index is 808. The molecular weight excluding hydrogens is 361 g/mol. The Balaban J connectivity index is 1.75. The SMILES string of the molecule is CC(C)(O)COc1ccc(NC(=O)C2(c3cccc(F)c3)CCOCC2)cc1. The van der Waals surface area contributed by atoms with Crippen LogP contribution in [0.15, 0.2) is 48.5 Å². The highest BCUT2D eigenvalue weighted by Gasteiger charge is 2.42. The molecule has 0 unspecified atom stereocenters. The maximum absolute atomic E-state index is 13.8. The molecule has 150 valence electrons. The molecule has 2 N–H and O–H groups in total. The van der Waals surface area contributed by atoms with Gasteiger partial charge in [0.25, 0.3) is 0 Å². The molecule has 0 saturated carbocycles. The van der Waals surface area contributed by atoms with E-state index in [1.165, 1.54) is 12.1 Å². The molecule has 0 aromatic heterocycles. The quantitative estimate of drug-likeness (QED) is 0.794.